The summed E-state index contributed by atoms with van der Waals surface area (Å²) in [4.78, 5) is 24.5. The monoisotopic (exact) mass is 516 g/mol. The summed E-state index contributed by atoms with van der Waals surface area (Å²) in [7, 11) is 0. The number of alkyl halides is 3. The fraction of sp³-hybridized carbons (Fsp3) is 0.391. The number of halogens is 4. The molecule has 1 saturated heterocycles. The average molecular weight is 517 g/mol. The summed E-state index contributed by atoms with van der Waals surface area (Å²) < 4.78 is 53.2. The van der Waals surface area contributed by atoms with Crippen LogP contribution in [0.15, 0.2) is 42.5 Å². The van der Waals surface area contributed by atoms with Crippen molar-refractivity contribution in [2.75, 3.05) is 31.6 Å². The molecule has 2 aromatic rings. The highest BCUT2D eigenvalue weighted by Gasteiger charge is 2.41. The van der Waals surface area contributed by atoms with Crippen molar-refractivity contribution in [1.82, 2.24) is 4.90 Å². The zero-order chi connectivity index (χ0) is 25.6. The minimum absolute atomic E-state index is 0.0582. The molecule has 35 heavy (non-hydrogen) atoms. The second kappa shape index (κ2) is 11.6. The fourth-order valence-corrected chi connectivity index (χ4v) is 3.57. The number of anilines is 1. The van der Waals surface area contributed by atoms with E-state index in [1.54, 1.807) is 24.3 Å². The van der Waals surface area contributed by atoms with Gasteiger partial charge in [-0.15, -0.1) is 0 Å². The number of aliphatic hydroxyl groups is 1. The first-order chi connectivity index (χ1) is 16.5. The molecule has 1 fully saturated rings. The highest BCUT2D eigenvalue weighted by Crippen LogP contribution is 2.31. The van der Waals surface area contributed by atoms with Crippen molar-refractivity contribution >= 4 is 29.2 Å². The van der Waals surface area contributed by atoms with Crippen molar-refractivity contribution < 1.29 is 42.1 Å². The van der Waals surface area contributed by atoms with E-state index in [9.17, 15) is 27.9 Å². The van der Waals surface area contributed by atoms with Crippen LogP contribution < -0.4 is 19.5 Å². The predicted molar refractivity (Wildman–Crippen MR) is 121 cm³/mol. The van der Waals surface area contributed by atoms with Crippen molar-refractivity contribution in [3.63, 3.8) is 0 Å². The molecular formula is C23H24ClF3N2O6. The molecule has 1 amide bonds. The minimum Gasteiger partial charge on any atom is -0.489 e. The molecule has 2 N–H and O–H groups in total. The summed E-state index contributed by atoms with van der Waals surface area (Å²) in [5.41, 5.74) is 0.147. The predicted octanol–water partition coefficient (Wildman–Crippen LogP) is 3.66. The lowest BCUT2D eigenvalue weighted by molar-refractivity contribution is -0.189. The van der Waals surface area contributed by atoms with Gasteiger partial charge in [0.1, 0.15) is 36.1 Å². The number of nitrogens with one attached hydrogen (secondary N) is 1. The van der Waals surface area contributed by atoms with Crippen LogP contribution in [0.25, 0.3) is 0 Å². The van der Waals surface area contributed by atoms with E-state index < -0.39 is 29.9 Å². The van der Waals surface area contributed by atoms with Crippen molar-refractivity contribution in [2.45, 2.75) is 31.7 Å². The quantitative estimate of drug-likeness (QED) is 0.388. The topological polar surface area (TPSA) is 97.3 Å². The van der Waals surface area contributed by atoms with Crippen LogP contribution in [0.4, 0.5) is 18.9 Å². The highest BCUT2D eigenvalue weighted by molar-refractivity contribution is 6.30. The van der Waals surface area contributed by atoms with Crippen LogP contribution in [0.3, 0.4) is 0 Å². The van der Waals surface area contributed by atoms with Gasteiger partial charge in [-0.2, -0.15) is 13.2 Å². The first-order valence-corrected chi connectivity index (χ1v) is 11.0. The molecule has 3 rings (SSSR count). The Morgan fingerprint density at radius 2 is 1.89 bits per heavy atom. The van der Waals surface area contributed by atoms with E-state index in [1.807, 2.05) is 4.90 Å². The van der Waals surface area contributed by atoms with Gasteiger partial charge in [-0.25, -0.2) is 4.79 Å². The first-order valence-electron chi connectivity index (χ1n) is 10.7. The standard InChI is InChI=1S/C23H24ClF3N2O6/c1-14(30)28-20-7-6-18(35-22(32)23(25,26)27)10-21(20)33-13-16(31)11-29-9-8-19(12-29)34-17-4-2-15(24)3-5-17/h2-7,10,16,19,31H,8-9,11-13H2,1H3,(H,28,30). The normalized spacial score (nSPS) is 17.0. The molecule has 0 saturated carbocycles. The minimum atomic E-state index is -5.17. The second-order valence-electron chi connectivity index (χ2n) is 7.93. The summed E-state index contributed by atoms with van der Waals surface area (Å²) in [6.45, 7) is 2.56. The van der Waals surface area contributed by atoms with Gasteiger partial charge in [0.25, 0.3) is 0 Å². The van der Waals surface area contributed by atoms with Crippen LogP contribution in [0.2, 0.25) is 5.02 Å². The smallest absolute Gasteiger partial charge is 0.489 e. The number of esters is 1. The third-order valence-electron chi connectivity index (χ3n) is 4.95. The molecular weight excluding hydrogens is 493 g/mol. The van der Waals surface area contributed by atoms with Crippen LogP contribution in [-0.4, -0.2) is 66.5 Å². The van der Waals surface area contributed by atoms with E-state index >= 15 is 0 Å². The maximum absolute atomic E-state index is 12.5. The maximum Gasteiger partial charge on any atom is 0.491 e. The van der Waals surface area contributed by atoms with Gasteiger partial charge < -0.3 is 24.6 Å². The zero-order valence-electron chi connectivity index (χ0n) is 18.7. The number of aliphatic hydroxyl groups excluding tert-OH is 1. The largest absolute Gasteiger partial charge is 0.491 e. The van der Waals surface area contributed by atoms with Gasteiger partial charge in [0.15, 0.2) is 0 Å². The molecule has 0 aliphatic carbocycles. The molecule has 0 bridgehead atoms. The molecule has 1 aliphatic heterocycles. The van der Waals surface area contributed by atoms with E-state index in [0.717, 1.165) is 18.6 Å². The van der Waals surface area contributed by atoms with Crippen molar-refractivity contribution in [2.24, 2.45) is 0 Å². The summed E-state index contributed by atoms with van der Waals surface area (Å²) in [6.07, 6.45) is -5.42. The number of hydrogen-bond acceptors (Lipinski definition) is 7. The lowest BCUT2D eigenvalue weighted by atomic mass is 10.2. The molecule has 0 radical (unpaired) electrons. The van der Waals surface area contributed by atoms with E-state index in [1.165, 1.54) is 13.0 Å². The Kier molecular flexibility index (Phi) is 8.82. The van der Waals surface area contributed by atoms with Gasteiger partial charge >= 0.3 is 12.1 Å². The molecule has 8 nitrogen and oxygen atoms in total. The number of likely N-dealkylation sites (tertiary alicyclic amines) is 1. The average Bonchev–Trinajstić information content (AvgIpc) is 3.21. The molecule has 2 atom stereocenters. The van der Waals surface area contributed by atoms with Crippen LogP contribution in [0.1, 0.15) is 13.3 Å². The Morgan fingerprint density at radius 1 is 1.20 bits per heavy atom. The second-order valence-corrected chi connectivity index (χ2v) is 8.37. The van der Waals surface area contributed by atoms with Gasteiger partial charge in [-0.05, 0) is 42.8 Å². The van der Waals surface area contributed by atoms with Crippen LogP contribution in [-0.2, 0) is 9.59 Å². The lowest BCUT2D eigenvalue weighted by Crippen LogP contribution is -2.35. The molecule has 1 aliphatic rings. The van der Waals surface area contributed by atoms with Gasteiger partial charge in [0, 0.05) is 37.6 Å². The number of carbonyl (C=O) groups excluding carboxylic acids is 2. The number of β-amino-alcohol motifs (C(OH)–C–C–N with tert-alkyl or cyclic N) is 1. The number of nitrogens with zero attached hydrogens (tertiary/aromatic N) is 1. The van der Waals surface area contributed by atoms with Gasteiger partial charge in [-0.3, -0.25) is 9.69 Å². The van der Waals surface area contributed by atoms with E-state index in [2.05, 4.69) is 10.1 Å². The summed E-state index contributed by atoms with van der Waals surface area (Å²) in [5.74, 6) is -2.62. The number of hydrogen-bond donors (Lipinski definition) is 2. The third-order valence-corrected chi connectivity index (χ3v) is 5.20. The molecule has 2 unspecified atom stereocenters. The third kappa shape index (κ3) is 8.30. The Balaban J connectivity index is 1.55. The van der Waals surface area contributed by atoms with Gasteiger partial charge in [0.2, 0.25) is 5.91 Å². The number of rotatable bonds is 9. The first kappa shape index (κ1) is 26.6. The Bertz CT molecular complexity index is 1030. The SMILES string of the molecule is CC(=O)Nc1ccc(OC(=O)C(F)(F)F)cc1OCC(O)CN1CCC(Oc2ccc(Cl)cc2)C1. The van der Waals surface area contributed by atoms with Crippen LogP contribution in [0.5, 0.6) is 17.2 Å². The molecule has 1 heterocycles. The van der Waals surface area contributed by atoms with Crippen LogP contribution >= 0.6 is 11.6 Å². The van der Waals surface area contributed by atoms with E-state index in [0.29, 0.717) is 23.9 Å². The Morgan fingerprint density at radius 3 is 2.54 bits per heavy atom. The fourth-order valence-electron chi connectivity index (χ4n) is 3.44. The maximum atomic E-state index is 12.5. The van der Waals surface area contributed by atoms with Crippen molar-refractivity contribution in [3.05, 3.63) is 47.5 Å². The molecule has 12 heteroatoms. The van der Waals surface area contributed by atoms with Crippen molar-refractivity contribution in [3.8, 4) is 17.2 Å². The molecule has 2 aromatic carbocycles. The number of ether oxygens (including phenoxy) is 3. The number of amides is 1. The lowest BCUT2D eigenvalue weighted by Gasteiger charge is -2.21. The zero-order valence-corrected chi connectivity index (χ0v) is 19.4. The summed E-state index contributed by atoms with van der Waals surface area (Å²) >= 11 is 5.87. The summed E-state index contributed by atoms with van der Waals surface area (Å²) in [5, 5.41) is 13.5. The molecule has 0 aromatic heterocycles. The summed E-state index contributed by atoms with van der Waals surface area (Å²) in [6, 6.07) is 10.4. The molecule has 190 valence electrons. The van der Waals surface area contributed by atoms with E-state index in [-0.39, 0.29) is 30.7 Å². The van der Waals surface area contributed by atoms with Gasteiger partial charge in [0.05, 0.1) is 5.69 Å². The Hall–Kier alpha value is -3.02. The van der Waals surface area contributed by atoms with E-state index in [4.69, 9.17) is 21.1 Å². The van der Waals surface area contributed by atoms with Crippen molar-refractivity contribution in [1.29, 1.82) is 0 Å². The number of carbonyl (C=O) groups is 2. The molecule has 0 spiro atoms. The highest BCUT2D eigenvalue weighted by atomic mass is 35.5. The number of benzene rings is 2. The Labute approximate surface area is 204 Å². The van der Waals surface area contributed by atoms with Crippen LogP contribution in [0, 0.1) is 0 Å². The van der Waals surface area contributed by atoms with Gasteiger partial charge in [-0.1, -0.05) is 11.6 Å².